The average molecular weight is 152 g/mol. The number of halogens is 3. The van der Waals surface area contributed by atoms with Gasteiger partial charge in [-0.1, -0.05) is 0 Å². The zero-order chi connectivity index (χ0) is 8.36. The van der Waals surface area contributed by atoms with Crippen LogP contribution >= 0.6 is 0 Å². The van der Waals surface area contributed by atoms with Crippen LogP contribution in [0.2, 0.25) is 0 Å². The summed E-state index contributed by atoms with van der Waals surface area (Å²) < 4.78 is 34.5. The first-order valence-electron chi connectivity index (χ1n) is 2.43. The van der Waals surface area contributed by atoms with Gasteiger partial charge in [0.1, 0.15) is 5.71 Å². The standard InChI is InChI=1S/C5H7F3N2/c1-3(9)2-4(10)5(6,7)8/h2,10H,9H2,1H3/b3-2-,10-4?. The van der Waals surface area contributed by atoms with Gasteiger partial charge in [0.15, 0.2) is 0 Å². The highest BCUT2D eigenvalue weighted by Crippen LogP contribution is 2.16. The smallest absolute Gasteiger partial charge is 0.402 e. The largest absolute Gasteiger partial charge is 0.432 e. The fourth-order valence-corrected chi connectivity index (χ4v) is 0.310. The van der Waals surface area contributed by atoms with E-state index in [0.29, 0.717) is 6.08 Å². The van der Waals surface area contributed by atoms with E-state index in [1.165, 1.54) is 6.92 Å². The molecule has 0 aliphatic carbocycles. The van der Waals surface area contributed by atoms with E-state index in [2.05, 4.69) is 0 Å². The van der Waals surface area contributed by atoms with E-state index in [4.69, 9.17) is 11.1 Å². The van der Waals surface area contributed by atoms with Crippen LogP contribution in [0.15, 0.2) is 11.8 Å². The molecule has 0 aromatic carbocycles. The monoisotopic (exact) mass is 152 g/mol. The second-order valence-electron chi connectivity index (χ2n) is 1.80. The third-order valence-electron chi connectivity index (χ3n) is 0.677. The minimum absolute atomic E-state index is 0.0256. The maximum Gasteiger partial charge on any atom is 0.432 e. The highest BCUT2D eigenvalue weighted by atomic mass is 19.4. The zero-order valence-corrected chi connectivity index (χ0v) is 5.29. The van der Waals surface area contributed by atoms with Crippen molar-refractivity contribution in [1.82, 2.24) is 0 Å². The molecule has 0 rings (SSSR count). The molecule has 0 atom stereocenters. The molecule has 0 fully saturated rings. The molecule has 2 nitrogen and oxygen atoms in total. The van der Waals surface area contributed by atoms with Crippen LogP contribution in [0.25, 0.3) is 0 Å². The molecule has 0 aliphatic heterocycles. The van der Waals surface area contributed by atoms with E-state index in [-0.39, 0.29) is 5.70 Å². The van der Waals surface area contributed by atoms with E-state index in [0.717, 1.165) is 0 Å². The summed E-state index contributed by atoms with van der Waals surface area (Å²) in [5, 5.41) is 6.39. The molecule has 58 valence electrons. The van der Waals surface area contributed by atoms with Crippen LogP contribution in [0.5, 0.6) is 0 Å². The van der Waals surface area contributed by atoms with E-state index in [1.807, 2.05) is 0 Å². The summed E-state index contributed by atoms with van der Waals surface area (Å²) in [6.45, 7) is 1.29. The van der Waals surface area contributed by atoms with Crippen molar-refractivity contribution in [3.63, 3.8) is 0 Å². The molecule has 3 N–H and O–H groups in total. The van der Waals surface area contributed by atoms with Gasteiger partial charge in [-0.15, -0.1) is 0 Å². The van der Waals surface area contributed by atoms with Crippen LogP contribution < -0.4 is 5.73 Å². The highest BCUT2D eigenvalue weighted by molar-refractivity contribution is 5.97. The Balaban J connectivity index is 4.27. The molecule has 0 aromatic heterocycles. The predicted molar refractivity (Wildman–Crippen MR) is 31.7 cm³/mol. The summed E-state index contributed by atoms with van der Waals surface area (Å²) in [7, 11) is 0. The number of nitrogens with two attached hydrogens (primary N) is 1. The molecule has 0 aliphatic rings. The van der Waals surface area contributed by atoms with Crippen molar-refractivity contribution in [2.75, 3.05) is 0 Å². The summed E-state index contributed by atoms with van der Waals surface area (Å²) in [5.41, 5.74) is 3.46. The molecule has 0 unspecified atom stereocenters. The zero-order valence-electron chi connectivity index (χ0n) is 5.29. The minimum Gasteiger partial charge on any atom is -0.402 e. The van der Waals surface area contributed by atoms with Crippen LogP contribution in [0.1, 0.15) is 6.92 Å². The number of alkyl halides is 3. The lowest BCUT2D eigenvalue weighted by atomic mass is 10.3. The molecular weight excluding hydrogens is 145 g/mol. The van der Waals surface area contributed by atoms with Gasteiger partial charge in [-0.05, 0) is 13.0 Å². The summed E-state index contributed by atoms with van der Waals surface area (Å²) in [6.07, 6.45) is -4.01. The maximum absolute atomic E-state index is 11.5. The molecule has 0 amide bonds. The second-order valence-corrected chi connectivity index (χ2v) is 1.80. The molecule has 0 radical (unpaired) electrons. The Hall–Kier alpha value is -1.00. The summed E-state index contributed by atoms with van der Waals surface area (Å²) in [4.78, 5) is 0. The van der Waals surface area contributed by atoms with Gasteiger partial charge in [0.2, 0.25) is 0 Å². The molecule has 5 heteroatoms. The number of nitrogens with one attached hydrogen (secondary N) is 1. The van der Waals surface area contributed by atoms with Gasteiger partial charge < -0.3 is 5.73 Å². The molecule has 0 saturated carbocycles. The van der Waals surface area contributed by atoms with Gasteiger partial charge in [-0.25, -0.2) is 0 Å². The molecule has 0 spiro atoms. The summed E-state index contributed by atoms with van der Waals surface area (Å²) in [5.74, 6) is 0. The molecule has 0 saturated heterocycles. The minimum atomic E-state index is -4.58. The van der Waals surface area contributed by atoms with Crippen LogP contribution in [-0.4, -0.2) is 11.9 Å². The van der Waals surface area contributed by atoms with Gasteiger partial charge in [0, 0.05) is 5.70 Å². The fraction of sp³-hybridized carbons (Fsp3) is 0.400. The first-order valence-corrected chi connectivity index (χ1v) is 2.43. The molecule has 0 bridgehead atoms. The van der Waals surface area contributed by atoms with E-state index in [1.54, 1.807) is 0 Å². The van der Waals surface area contributed by atoms with E-state index in [9.17, 15) is 13.2 Å². The Bertz CT molecular complexity index is 164. The lowest BCUT2D eigenvalue weighted by molar-refractivity contribution is -0.0584. The van der Waals surface area contributed by atoms with Gasteiger partial charge in [0.25, 0.3) is 0 Å². The fourth-order valence-electron chi connectivity index (χ4n) is 0.310. The van der Waals surface area contributed by atoms with Crippen LogP contribution in [0.4, 0.5) is 13.2 Å². The first-order chi connectivity index (χ1) is 4.34. The number of hydrogen-bond donors (Lipinski definition) is 2. The Kier molecular flexibility index (Phi) is 2.45. The molecular formula is C5H7F3N2. The molecule has 10 heavy (non-hydrogen) atoms. The maximum atomic E-state index is 11.5. The van der Waals surface area contributed by atoms with Crippen LogP contribution in [-0.2, 0) is 0 Å². The normalized spacial score (nSPS) is 13.4. The van der Waals surface area contributed by atoms with Crippen LogP contribution in [0.3, 0.4) is 0 Å². The lowest BCUT2D eigenvalue weighted by Gasteiger charge is -2.02. The van der Waals surface area contributed by atoms with Crippen molar-refractivity contribution in [3.8, 4) is 0 Å². The van der Waals surface area contributed by atoms with E-state index < -0.39 is 11.9 Å². The Morgan fingerprint density at radius 1 is 1.50 bits per heavy atom. The average Bonchev–Trinajstić information content (AvgIpc) is 1.60. The van der Waals surface area contributed by atoms with Crippen molar-refractivity contribution < 1.29 is 13.2 Å². The van der Waals surface area contributed by atoms with Gasteiger partial charge in [-0.3, -0.25) is 5.41 Å². The van der Waals surface area contributed by atoms with Crippen molar-refractivity contribution in [2.45, 2.75) is 13.1 Å². The van der Waals surface area contributed by atoms with Gasteiger partial charge in [0.05, 0.1) is 0 Å². The quantitative estimate of drug-likeness (QED) is 0.548. The topological polar surface area (TPSA) is 49.9 Å². The van der Waals surface area contributed by atoms with Crippen molar-refractivity contribution in [1.29, 1.82) is 5.41 Å². The van der Waals surface area contributed by atoms with Crippen molar-refractivity contribution >= 4 is 5.71 Å². The second kappa shape index (κ2) is 2.72. The SMILES string of the molecule is C/C(N)=C/C(=N)C(F)(F)F. The predicted octanol–water partition coefficient (Wildman–Crippen LogP) is 1.43. The third-order valence-corrected chi connectivity index (χ3v) is 0.677. The van der Waals surface area contributed by atoms with Crippen LogP contribution in [0, 0.1) is 5.41 Å². The van der Waals surface area contributed by atoms with Gasteiger partial charge >= 0.3 is 6.18 Å². The van der Waals surface area contributed by atoms with Crippen molar-refractivity contribution in [2.24, 2.45) is 5.73 Å². The molecule has 0 aromatic rings. The Labute approximate surface area is 56.0 Å². The molecule has 0 heterocycles. The highest BCUT2D eigenvalue weighted by Gasteiger charge is 2.32. The summed E-state index contributed by atoms with van der Waals surface area (Å²) >= 11 is 0. The Morgan fingerprint density at radius 2 is 1.90 bits per heavy atom. The number of hydrogen-bond acceptors (Lipinski definition) is 2. The van der Waals surface area contributed by atoms with E-state index >= 15 is 0 Å². The Morgan fingerprint density at radius 3 is 2.00 bits per heavy atom. The van der Waals surface area contributed by atoms with Crippen molar-refractivity contribution in [3.05, 3.63) is 11.8 Å². The number of rotatable bonds is 1. The summed E-state index contributed by atoms with van der Waals surface area (Å²) in [6, 6.07) is 0. The van der Waals surface area contributed by atoms with Gasteiger partial charge in [-0.2, -0.15) is 13.2 Å². The first kappa shape index (κ1) is 9.00. The number of allylic oxidation sites excluding steroid dienone is 2. The third kappa shape index (κ3) is 3.11. The lowest BCUT2D eigenvalue weighted by Crippen LogP contribution is -2.20.